The minimum absolute atomic E-state index is 0.126. The maximum Gasteiger partial charge on any atom is 0.324 e. The molecule has 1 aromatic heterocycles. The molecular weight excluding hydrogens is 302 g/mol. The molecule has 8 heteroatoms. The number of halogens is 2. The predicted molar refractivity (Wildman–Crippen MR) is 73.2 cm³/mol. The first-order valence-corrected chi connectivity index (χ1v) is 6.75. The molecule has 1 N–H and O–H groups in total. The van der Waals surface area contributed by atoms with E-state index in [0.717, 1.165) is 29.5 Å². The molecule has 21 heavy (non-hydrogen) atoms. The van der Waals surface area contributed by atoms with Gasteiger partial charge in [-0.2, -0.15) is 0 Å². The lowest BCUT2D eigenvalue weighted by molar-refractivity contribution is -0.380. The van der Waals surface area contributed by atoms with Gasteiger partial charge in [0.25, 0.3) is 5.91 Å². The fourth-order valence-electron chi connectivity index (χ4n) is 1.75. The summed E-state index contributed by atoms with van der Waals surface area (Å²) in [5.41, 5.74) is 0.260. The molecule has 0 aliphatic heterocycles. The molecule has 0 saturated heterocycles. The van der Waals surface area contributed by atoms with Crippen molar-refractivity contribution in [2.75, 3.05) is 0 Å². The molecule has 0 radical (unpaired) electrons. The molecular formula is C13H10F2N2O3S. The average Bonchev–Trinajstić information content (AvgIpc) is 2.88. The molecule has 5 nitrogen and oxygen atoms in total. The molecule has 0 spiro atoms. The summed E-state index contributed by atoms with van der Waals surface area (Å²) in [6, 6.07) is 3.51. The highest BCUT2D eigenvalue weighted by Gasteiger charge is 2.18. The Kier molecular flexibility index (Phi) is 4.27. The van der Waals surface area contributed by atoms with Crippen LogP contribution in [-0.4, -0.2) is 10.8 Å². The molecule has 1 amide bonds. The van der Waals surface area contributed by atoms with Gasteiger partial charge in [0.2, 0.25) is 0 Å². The van der Waals surface area contributed by atoms with Crippen molar-refractivity contribution >= 4 is 22.2 Å². The van der Waals surface area contributed by atoms with Crippen molar-refractivity contribution in [1.82, 2.24) is 5.32 Å². The maximum absolute atomic E-state index is 13.6. The second kappa shape index (κ2) is 5.96. The normalized spacial score (nSPS) is 12.0. The molecule has 0 aliphatic rings. The molecule has 110 valence electrons. The molecule has 1 atom stereocenters. The number of amides is 1. The molecule has 1 unspecified atom stereocenters. The highest BCUT2D eigenvalue weighted by Crippen LogP contribution is 2.23. The van der Waals surface area contributed by atoms with Gasteiger partial charge < -0.3 is 5.32 Å². The summed E-state index contributed by atoms with van der Waals surface area (Å²) >= 11 is 0.830. The SMILES string of the molecule is CC(NC(=O)c1csc([N+](=O)[O-])c1)c1ccc(F)cc1F. The second-order valence-corrected chi connectivity index (χ2v) is 5.18. The standard InChI is InChI=1S/C13H10F2N2O3S/c1-7(10-3-2-9(14)5-11(10)15)16-13(18)8-4-12(17(19)20)21-6-8/h2-7H,1H3,(H,16,18). The van der Waals surface area contributed by atoms with Crippen LogP contribution in [0.1, 0.15) is 28.9 Å². The third-order valence-corrected chi connectivity index (χ3v) is 3.68. The third-order valence-electron chi connectivity index (χ3n) is 2.80. The van der Waals surface area contributed by atoms with Gasteiger partial charge in [0.1, 0.15) is 11.6 Å². The molecule has 1 heterocycles. The van der Waals surface area contributed by atoms with Crippen LogP contribution < -0.4 is 5.32 Å². The van der Waals surface area contributed by atoms with E-state index in [4.69, 9.17) is 0 Å². The van der Waals surface area contributed by atoms with Crippen molar-refractivity contribution in [2.45, 2.75) is 13.0 Å². The van der Waals surface area contributed by atoms with E-state index in [1.807, 2.05) is 0 Å². The van der Waals surface area contributed by atoms with Gasteiger partial charge in [0.15, 0.2) is 0 Å². The smallest absolute Gasteiger partial charge is 0.324 e. The van der Waals surface area contributed by atoms with E-state index in [9.17, 15) is 23.7 Å². The highest BCUT2D eigenvalue weighted by molar-refractivity contribution is 7.13. The number of nitrogens with one attached hydrogen (secondary N) is 1. The van der Waals surface area contributed by atoms with E-state index in [2.05, 4.69) is 5.32 Å². The number of hydrogen-bond donors (Lipinski definition) is 1. The van der Waals surface area contributed by atoms with Gasteiger partial charge in [-0.15, -0.1) is 0 Å². The van der Waals surface area contributed by atoms with E-state index in [-0.39, 0.29) is 16.1 Å². The number of thiophene rings is 1. The van der Waals surface area contributed by atoms with Crippen LogP contribution in [0.4, 0.5) is 13.8 Å². The lowest BCUT2D eigenvalue weighted by atomic mass is 10.1. The van der Waals surface area contributed by atoms with Gasteiger partial charge in [0.05, 0.1) is 16.5 Å². The highest BCUT2D eigenvalue weighted by atomic mass is 32.1. The lowest BCUT2D eigenvalue weighted by Gasteiger charge is -2.14. The fourth-order valence-corrected chi connectivity index (χ4v) is 2.45. The zero-order valence-electron chi connectivity index (χ0n) is 10.8. The number of hydrogen-bond acceptors (Lipinski definition) is 4. The molecule has 2 aromatic rings. The predicted octanol–water partition coefficient (Wildman–Crippen LogP) is 3.43. The van der Waals surface area contributed by atoms with E-state index in [1.54, 1.807) is 0 Å². The van der Waals surface area contributed by atoms with Crippen molar-refractivity contribution < 1.29 is 18.5 Å². The Morgan fingerprint density at radius 2 is 2.10 bits per heavy atom. The minimum Gasteiger partial charge on any atom is -0.345 e. The quantitative estimate of drug-likeness (QED) is 0.694. The number of rotatable bonds is 4. The van der Waals surface area contributed by atoms with Crippen LogP contribution >= 0.6 is 11.3 Å². The van der Waals surface area contributed by atoms with Crippen molar-refractivity contribution in [3.63, 3.8) is 0 Å². The Hall–Kier alpha value is -2.35. The van der Waals surface area contributed by atoms with Crippen molar-refractivity contribution in [1.29, 1.82) is 0 Å². The summed E-state index contributed by atoms with van der Waals surface area (Å²) in [5, 5.41) is 14.3. The van der Waals surface area contributed by atoms with Gasteiger partial charge >= 0.3 is 5.00 Å². The van der Waals surface area contributed by atoms with Crippen molar-refractivity contribution in [3.05, 3.63) is 62.5 Å². The minimum atomic E-state index is -0.765. The summed E-state index contributed by atoms with van der Waals surface area (Å²) in [6.45, 7) is 1.54. The van der Waals surface area contributed by atoms with Gasteiger partial charge in [0, 0.05) is 23.1 Å². The van der Waals surface area contributed by atoms with Crippen LogP contribution in [0.3, 0.4) is 0 Å². The second-order valence-electron chi connectivity index (χ2n) is 4.29. The van der Waals surface area contributed by atoms with Crippen LogP contribution in [0.2, 0.25) is 0 Å². The maximum atomic E-state index is 13.6. The largest absolute Gasteiger partial charge is 0.345 e. The summed E-state index contributed by atoms with van der Waals surface area (Å²) in [5.74, 6) is -2.03. The van der Waals surface area contributed by atoms with E-state index in [0.29, 0.717) is 0 Å². The summed E-state index contributed by atoms with van der Waals surface area (Å²) in [4.78, 5) is 21.9. The van der Waals surface area contributed by atoms with Crippen LogP contribution in [0.5, 0.6) is 0 Å². The number of benzene rings is 1. The topological polar surface area (TPSA) is 72.2 Å². The number of carbonyl (C=O) groups excluding carboxylic acids is 1. The first-order chi connectivity index (χ1) is 9.88. The Morgan fingerprint density at radius 1 is 1.38 bits per heavy atom. The summed E-state index contributed by atoms with van der Waals surface area (Å²) < 4.78 is 26.4. The Bertz CT molecular complexity index is 702. The Labute approximate surface area is 122 Å². The first kappa shape index (κ1) is 15.0. The number of nitro groups is 1. The monoisotopic (exact) mass is 312 g/mol. The lowest BCUT2D eigenvalue weighted by Crippen LogP contribution is -2.26. The zero-order valence-corrected chi connectivity index (χ0v) is 11.6. The van der Waals surface area contributed by atoms with E-state index < -0.39 is 28.5 Å². The molecule has 0 fully saturated rings. The van der Waals surface area contributed by atoms with Crippen LogP contribution in [0.25, 0.3) is 0 Å². The van der Waals surface area contributed by atoms with Crippen LogP contribution in [-0.2, 0) is 0 Å². The molecule has 1 aromatic carbocycles. The summed E-state index contributed by atoms with van der Waals surface area (Å²) in [6.07, 6.45) is 0. The Morgan fingerprint density at radius 3 is 2.67 bits per heavy atom. The first-order valence-electron chi connectivity index (χ1n) is 5.87. The van der Waals surface area contributed by atoms with Crippen molar-refractivity contribution in [2.24, 2.45) is 0 Å². The van der Waals surface area contributed by atoms with E-state index >= 15 is 0 Å². The van der Waals surface area contributed by atoms with E-state index in [1.165, 1.54) is 18.4 Å². The van der Waals surface area contributed by atoms with Gasteiger partial charge in [-0.1, -0.05) is 17.4 Å². The third kappa shape index (κ3) is 3.40. The van der Waals surface area contributed by atoms with Gasteiger partial charge in [-0.25, -0.2) is 8.78 Å². The molecule has 0 bridgehead atoms. The van der Waals surface area contributed by atoms with Crippen molar-refractivity contribution in [3.8, 4) is 0 Å². The molecule has 0 saturated carbocycles. The zero-order chi connectivity index (χ0) is 15.6. The average molecular weight is 312 g/mol. The Balaban J connectivity index is 2.12. The molecule has 0 aliphatic carbocycles. The fraction of sp³-hybridized carbons (Fsp3) is 0.154. The number of carbonyl (C=O) groups is 1. The van der Waals surface area contributed by atoms with Crippen LogP contribution in [0.15, 0.2) is 29.6 Å². The molecule has 2 rings (SSSR count). The number of nitrogens with zero attached hydrogens (tertiary/aromatic N) is 1. The van der Waals surface area contributed by atoms with Gasteiger partial charge in [-0.05, 0) is 13.0 Å². The van der Waals surface area contributed by atoms with Crippen LogP contribution in [0, 0.1) is 21.7 Å². The summed E-state index contributed by atoms with van der Waals surface area (Å²) in [7, 11) is 0. The van der Waals surface area contributed by atoms with Gasteiger partial charge in [-0.3, -0.25) is 14.9 Å².